The minimum absolute atomic E-state index is 0.293. The maximum atomic E-state index is 10.7. The Morgan fingerprint density at radius 3 is 2.73 bits per heavy atom. The molecule has 0 aromatic carbocycles. The van der Waals surface area contributed by atoms with E-state index in [4.69, 9.17) is 10.5 Å². The van der Waals surface area contributed by atoms with Crippen LogP contribution in [0.4, 0.5) is 0 Å². The molecule has 0 atom stereocenters. The average molecular weight is 155 g/mol. The second-order valence-corrected chi connectivity index (χ2v) is 1.85. The summed E-state index contributed by atoms with van der Waals surface area (Å²) in [6, 6.07) is 0. The van der Waals surface area contributed by atoms with Crippen molar-refractivity contribution < 1.29 is 14.7 Å². The molecule has 0 aliphatic carbocycles. The standard InChI is InChI=1S/C5H5N3O3/c6-5-7-2(1-9)3(10)4(11)8-5/h9H,1H2,(H2,6,8,11). The fourth-order valence-electron chi connectivity index (χ4n) is 0.616. The minimum atomic E-state index is -0.922. The SMILES string of the molecule is N=C1N=C(CO)C(=O)C(=O)N1. The van der Waals surface area contributed by atoms with Gasteiger partial charge >= 0.3 is 5.91 Å². The molecule has 0 saturated carbocycles. The van der Waals surface area contributed by atoms with Gasteiger partial charge in [0.15, 0.2) is 0 Å². The first-order valence-electron chi connectivity index (χ1n) is 2.78. The maximum Gasteiger partial charge on any atom is 0.300 e. The van der Waals surface area contributed by atoms with Crippen LogP contribution in [-0.2, 0) is 9.59 Å². The molecule has 1 aliphatic rings. The summed E-state index contributed by atoms with van der Waals surface area (Å²) < 4.78 is 0. The number of ketones is 1. The van der Waals surface area contributed by atoms with Gasteiger partial charge in [-0.25, -0.2) is 4.99 Å². The Hall–Kier alpha value is -1.56. The van der Waals surface area contributed by atoms with Gasteiger partial charge in [0.1, 0.15) is 5.71 Å². The summed E-state index contributed by atoms with van der Waals surface area (Å²) in [6.07, 6.45) is 0. The highest BCUT2D eigenvalue weighted by atomic mass is 16.3. The summed E-state index contributed by atoms with van der Waals surface area (Å²) in [4.78, 5) is 24.6. The lowest BCUT2D eigenvalue weighted by atomic mass is 10.2. The molecule has 0 spiro atoms. The first kappa shape index (κ1) is 7.55. The molecule has 6 nitrogen and oxygen atoms in total. The smallest absolute Gasteiger partial charge is 0.300 e. The lowest BCUT2D eigenvalue weighted by molar-refractivity contribution is -0.133. The summed E-state index contributed by atoms with van der Waals surface area (Å²) in [7, 11) is 0. The van der Waals surface area contributed by atoms with Gasteiger partial charge in [0, 0.05) is 0 Å². The number of aliphatic hydroxyl groups is 1. The lowest BCUT2D eigenvalue weighted by Gasteiger charge is -2.08. The number of guanidine groups is 1. The lowest BCUT2D eigenvalue weighted by Crippen LogP contribution is -2.44. The molecule has 11 heavy (non-hydrogen) atoms. The first-order valence-corrected chi connectivity index (χ1v) is 2.78. The van der Waals surface area contributed by atoms with Crippen LogP contribution in [0.1, 0.15) is 0 Å². The number of hydrogen-bond donors (Lipinski definition) is 3. The monoisotopic (exact) mass is 155 g/mol. The fourth-order valence-corrected chi connectivity index (χ4v) is 0.616. The minimum Gasteiger partial charge on any atom is -0.390 e. The van der Waals surface area contributed by atoms with E-state index in [1.54, 1.807) is 0 Å². The summed E-state index contributed by atoms with van der Waals surface area (Å²) in [5.41, 5.74) is -0.293. The predicted octanol–water partition coefficient (Wildman–Crippen LogP) is -1.95. The molecule has 0 aromatic heterocycles. The van der Waals surface area contributed by atoms with Gasteiger partial charge < -0.3 is 5.11 Å². The van der Waals surface area contributed by atoms with Crippen molar-refractivity contribution in [3.63, 3.8) is 0 Å². The van der Waals surface area contributed by atoms with Crippen LogP contribution in [0.5, 0.6) is 0 Å². The largest absolute Gasteiger partial charge is 0.390 e. The summed E-state index contributed by atoms with van der Waals surface area (Å²) in [5, 5.41) is 17.2. The van der Waals surface area contributed by atoms with Crippen LogP contribution in [0.3, 0.4) is 0 Å². The molecule has 0 saturated heterocycles. The molecule has 3 N–H and O–H groups in total. The summed E-state index contributed by atoms with van der Waals surface area (Å²) >= 11 is 0. The van der Waals surface area contributed by atoms with Crippen LogP contribution < -0.4 is 5.32 Å². The summed E-state index contributed by atoms with van der Waals surface area (Å²) in [6.45, 7) is -0.616. The molecule has 6 heteroatoms. The number of aliphatic hydroxyl groups excluding tert-OH is 1. The van der Waals surface area contributed by atoms with Crippen LogP contribution in [0.2, 0.25) is 0 Å². The molecule has 0 fully saturated rings. The maximum absolute atomic E-state index is 10.7. The van der Waals surface area contributed by atoms with Crippen molar-refractivity contribution in [3.8, 4) is 0 Å². The number of amides is 1. The van der Waals surface area contributed by atoms with Crippen LogP contribution in [0.15, 0.2) is 4.99 Å². The molecule has 0 bridgehead atoms. The Kier molecular flexibility index (Phi) is 1.77. The number of carbonyl (C=O) groups is 2. The highest BCUT2D eigenvalue weighted by Crippen LogP contribution is 1.90. The number of hydrogen-bond acceptors (Lipinski definition) is 4. The normalized spacial score (nSPS) is 17.9. The van der Waals surface area contributed by atoms with Crippen LogP contribution in [-0.4, -0.2) is 35.1 Å². The molecule has 1 heterocycles. The molecule has 0 unspecified atom stereocenters. The zero-order chi connectivity index (χ0) is 8.43. The Morgan fingerprint density at radius 2 is 2.18 bits per heavy atom. The topological polar surface area (TPSA) is 103 Å². The molecular weight excluding hydrogens is 150 g/mol. The Labute approximate surface area is 61.4 Å². The van der Waals surface area contributed by atoms with E-state index in [0.717, 1.165) is 0 Å². The van der Waals surface area contributed by atoms with Gasteiger partial charge in [0.05, 0.1) is 6.61 Å². The first-order chi connectivity index (χ1) is 5.15. The van der Waals surface area contributed by atoms with Gasteiger partial charge in [-0.1, -0.05) is 0 Å². The van der Waals surface area contributed by atoms with E-state index in [0.29, 0.717) is 0 Å². The number of nitrogens with one attached hydrogen (secondary N) is 2. The molecule has 1 aliphatic heterocycles. The molecule has 58 valence electrons. The van der Waals surface area contributed by atoms with Gasteiger partial charge in [-0.2, -0.15) is 0 Å². The van der Waals surface area contributed by atoms with E-state index >= 15 is 0 Å². The molecule has 0 aromatic rings. The Bertz CT molecular complexity index is 268. The molecule has 1 rings (SSSR count). The average Bonchev–Trinajstić information content (AvgIpc) is 1.96. The predicted molar refractivity (Wildman–Crippen MR) is 35.4 cm³/mol. The quantitative estimate of drug-likeness (QED) is 0.383. The van der Waals surface area contributed by atoms with Crippen molar-refractivity contribution in [2.24, 2.45) is 4.99 Å². The highest BCUT2D eigenvalue weighted by Gasteiger charge is 2.25. The van der Waals surface area contributed by atoms with Gasteiger partial charge in [-0.15, -0.1) is 0 Å². The number of Topliss-reactive ketones (excluding diaryl/α,β-unsaturated/α-hetero) is 1. The van der Waals surface area contributed by atoms with Crippen molar-refractivity contribution in [2.75, 3.05) is 6.61 Å². The molecular formula is C5H5N3O3. The molecule has 1 amide bonds. The number of aliphatic imine (C=N–C) groups is 1. The zero-order valence-electron chi connectivity index (χ0n) is 5.42. The highest BCUT2D eigenvalue weighted by molar-refractivity contribution is 6.68. The number of rotatable bonds is 1. The third-order valence-corrected chi connectivity index (χ3v) is 1.10. The second-order valence-electron chi connectivity index (χ2n) is 1.85. The van der Waals surface area contributed by atoms with Crippen molar-refractivity contribution in [3.05, 3.63) is 0 Å². The van der Waals surface area contributed by atoms with E-state index in [1.165, 1.54) is 0 Å². The van der Waals surface area contributed by atoms with Gasteiger partial charge in [0.25, 0.3) is 5.78 Å². The van der Waals surface area contributed by atoms with Gasteiger partial charge in [-0.3, -0.25) is 20.3 Å². The van der Waals surface area contributed by atoms with Crippen molar-refractivity contribution in [1.82, 2.24) is 5.32 Å². The van der Waals surface area contributed by atoms with E-state index in [-0.39, 0.29) is 5.71 Å². The van der Waals surface area contributed by atoms with Crippen LogP contribution in [0, 0.1) is 5.41 Å². The van der Waals surface area contributed by atoms with E-state index in [2.05, 4.69) is 4.99 Å². The number of carbonyl (C=O) groups excluding carboxylic acids is 2. The van der Waals surface area contributed by atoms with E-state index in [9.17, 15) is 9.59 Å². The van der Waals surface area contributed by atoms with E-state index < -0.39 is 24.3 Å². The Morgan fingerprint density at radius 1 is 1.55 bits per heavy atom. The van der Waals surface area contributed by atoms with Crippen molar-refractivity contribution in [2.45, 2.75) is 0 Å². The third kappa shape index (κ3) is 1.30. The summed E-state index contributed by atoms with van der Waals surface area (Å²) in [5.74, 6) is -2.23. The molecule has 0 radical (unpaired) electrons. The number of nitrogens with zero attached hydrogens (tertiary/aromatic N) is 1. The Balaban J connectivity index is 2.99. The third-order valence-electron chi connectivity index (χ3n) is 1.10. The van der Waals surface area contributed by atoms with Gasteiger partial charge in [0.2, 0.25) is 5.96 Å². The van der Waals surface area contributed by atoms with Crippen LogP contribution in [0.25, 0.3) is 0 Å². The van der Waals surface area contributed by atoms with Crippen LogP contribution >= 0.6 is 0 Å². The second kappa shape index (κ2) is 2.59. The van der Waals surface area contributed by atoms with Gasteiger partial charge in [-0.05, 0) is 0 Å². The fraction of sp³-hybridized carbons (Fsp3) is 0.200. The van der Waals surface area contributed by atoms with Crippen molar-refractivity contribution in [1.29, 1.82) is 5.41 Å². The zero-order valence-corrected chi connectivity index (χ0v) is 5.42. The van der Waals surface area contributed by atoms with Crippen molar-refractivity contribution >= 4 is 23.4 Å². The van der Waals surface area contributed by atoms with E-state index in [1.807, 2.05) is 5.32 Å².